The molecule has 104 valence electrons. The fourth-order valence-corrected chi connectivity index (χ4v) is 2.01. The molecule has 4 nitrogen and oxygen atoms in total. The van der Waals surface area contributed by atoms with Gasteiger partial charge in [0.15, 0.2) is 11.6 Å². The second-order valence-electron chi connectivity index (χ2n) is 4.79. The minimum Gasteiger partial charge on any atom is -0.409 e. The number of benzene rings is 1. The lowest BCUT2D eigenvalue weighted by atomic mass is 10.2. The Morgan fingerprint density at radius 2 is 2.11 bits per heavy atom. The topological polar surface area (TPSA) is 61.8 Å². The maximum atomic E-state index is 13.1. The molecule has 6 heteroatoms. The van der Waals surface area contributed by atoms with Gasteiger partial charge in [-0.3, -0.25) is 4.90 Å². The van der Waals surface area contributed by atoms with Gasteiger partial charge < -0.3 is 10.9 Å². The number of nitrogens with zero attached hydrogens (tertiary/aromatic N) is 2. The third kappa shape index (κ3) is 3.89. The molecule has 1 fully saturated rings. The van der Waals surface area contributed by atoms with E-state index < -0.39 is 11.6 Å². The van der Waals surface area contributed by atoms with Gasteiger partial charge in [0, 0.05) is 25.6 Å². The molecule has 1 saturated carbocycles. The number of rotatable bonds is 6. The van der Waals surface area contributed by atoms with Crippen LogP contribution in [0.4, 0.5) is 8.78 Å². The van der Waals surface area contributed by atoms with Crippen molar-refractivity contribution in [3.63, 3.8) is 0 Å². The van der Waals surface area contributed by atoms with Crippen LogP contribution in [-0.4, -0.2) is 28.5 Å². The van der Waals surface area contributed by atoms with Crippen LogP contribution in [0.5, 0.6) is 0 Å². The van der Waals surface area contributed by atoms with Crippen LogP contribution in [0.15, 0.2) is 23.4 Å². The molecule has 0 spiro atoms. The molecule has 1 aliphatic carbocycles. The number of hydrogen-bond donors (Lipinski definition) is 2. The van der Waals surface area contributed by atoms with Gasteiger partial charge in [-0.2, -0.15) is 0 Å². The van der Waals surface area contributed by atoms with Gasteiger partial charge >= 0.3 is 0 Å². The lowest BCUT2D eigenvalue weighted by Gasteiger charge is -2.21. The summed E-state index contributed by atoms with van der Waals surface area (Å²) in [4.78, 5) is 2.14. The first kappa shape index (κ1) is 13.7. The Hall–Kier alpha value is -1.69. The third-order valence-electron chi connectivity index (χ3n) is 3.22. The molecule has 1 aromatic rings. The summed E-state index contributed by atoms with van der Waals surface area (Å²) < 4.78 is 26.0. The van der Waals surface area contributed by atoms with E-state index in [1.54, 1.807) is 6.07 Å². The zero-order valence-electron chi connectivity index (χ0n) is 10.5. The monoisotopic (exact) mass is 269 g/mol. The van der Waals surface area contributed by atoms with Crippen LogP contribution in [-0.2, 0) is 6.54 Å². The minimum atomic E-state index is -0.835. The average molecular weight is 269 g/mol. The first-order valence-corrected chi connectivity index (χ1v) is 6.24. The molecule has 19 heavy (non-hydrogen) atoms. The van der Waals surface area contributed by atoms with Crippen molar-refractivity contribution in [1.29, 1.82) is 0 Å². The molecular formula is C13H17F2N3O. The smallest absolute Gasteiger partial charge is 0.159 e. The molecule has 0 saturated heterocycles. The number of hydrogen-bond acceptors (Lipinski definition) is 3. The zero-order valence-corrected chi connectivity index (χ0v) is 10.5. The van der Waals surface area contributed by atoms with Gasteiger partial charge in [-0.15, -0.1) is 0 Å². The summed E-state index contributed by atoms with van der Waals surface area (Å²) in [7, 11) is 0. The maximum absolute atomic E-state index is 13.1. The summed E-state index contributed by atoms with van der Waals surface area (Å²) in [6.45, 7) is 1.18. The van der Waals surface area contributed by atoms with Crippen LogP contribution in [0.3, 0.4) is 0 Å². The molecule has 1 aliphatic rings. The van der Waals surface area contributed by atoms with Crippen molar-refractivity contribution in [3.05, 3.63) is 35.4 Å². The normalized spacial score (nSPS) is 16.1. The van der Waals surface area contributed by atoms with E-state index in [-0.39, 0.29) is 5.84 Å². The van der Waals surface area contributed by atoms with Gasteiger partial charge in [0.25, 0.3) is 0 Å². The van der Waals surface area contributed by atoms with Crippen molar-refractivity contribution < 1.29 is 14.0 Å². The lowest BCUT2D eigenvalue weighted by Crippen LogP contribution is -2.30. The predicted octanol–water partition coefficient (Wildman–Crippen LogP) is 2.07. The highest BCUT2D eigenvalue weighted by molar-refractivity contribution is 5.79. The van der Waals surface area contributed by atoms with Crippen LogP contribution in [0, 0.1) is 11.6 Å². The van der Waals surface area contributed by atoms with Gasteiger partial charge in [0.1, 0.15) is 5.84 Å². The number of oxime groups is 1. The van der Waals surface area contributed by atoms with E-state index >= 15 is 0 Å². The summed E-state index contributed by atoms with van der Waals surface area (Å²) >= 11 is 0. The van der Waals surface area contributed by atoms with E-state index in [2.05, 4.69) is 10.1 Å². The fraction of sp³-hybridized carbons (Fsp3) is 0.462. The average Bonchev–Trinajstić information content (AvgIpc) is 3.22. The van der Waals surface area contributed by atoms with Crippen LogP contribution in [0.2, 0.25) is 0 Å². The maximum Gasteiger partial charge on any atom is 0.159 e. The minimum absolute atomic E-state index is 0.177. The van der Waals surface area contributed by atoms with E-state index in [1.165, 1.54) is 6.07 Å². The number of amidine groups is 1. The van der Waals surface area contributed by atoms with Crippen molar-refractivity contribution in [2.24, 2.45) is 10.9 Å². The highest BCUT2D eigenvalue weighted by Gasteiger charge is 2.28. The van der Waals surface area contributed by atoms with Crippen LogP contribution in [0.1, 0.15) is 24.8 Å². The van der Waals surface area contributed by atoms with Gasteiger partial charge in [-0.1, -0.05) is 11.2 Å². The Balaban J connectivity index is 1.98. The van der Waals surface area contributed by atoms with Crippen LogP contribution < -0.4 is 5.73 Å². The Labute approximate surface area is 110 Å². The Morgan fingerprint density at radius 3 is 2.68 bits per heavy atom. The summed E-state index contributed by atoms with van der Waals surface area (Å²) in [5, 5.41) is 11.4. The standard InChI is InChI=1S/C13H17F2N3O/c14-11-4-1-9(7-12(11)15)8-18(10-2-3-10)6-5-13(16)17-19/h1,4,7,10,19H,2-3,5-6,8H2,(H2,16,17). The van der Waals surface area contributed by atoms with E-state index in [0.717, 1.165) is 24.5 Å². The van der Waals surface area contributed by atoms with Crippen molar-refractivity contribution in [3.8, 4) is 0 Å². The van der Waals surface area contributed by atoms with Gasteiger partial charge in [-0.05, 0) is 30.5 Å². The third-order valence-corrected chi connectivity index (χ3v) is 3.22. The van der Waals surface area contributed by atoms with E-state index in [0.29, 0.717) is 25.6 Å². The summed E-state index contributed by atoms with van der Waals surface area (Å²) in [6.07, 6.45) is 2.65. The van der Waals surface area contributed by atoms with Crippen molar-refractivity contribution >= 4 is 5.84 Å². The van der Waals surface area contributed by atoms with Gasteiger partial charge in [0.2, 0.25) is 0 Å². The number of halogens is 2. The zero-order chi connectivity index (χ0) is 13.8. The molecule has 2 rings (SSSR count). The summed E-state index contributed by atoms with van der Waals surface area (Å²) in [5.41, 5.74) is 6.17. The van der Waals surface area contributed by atoms with Crippen LogP contribution >= 0.6 is 0 Å². The lowest BCUT2D eigenvalue weighted by molar-refractivity contribution is 0.259. The predicted molar refractivity (Wildman–Crippen MR) is 67.8 cm³/mol. The number of nitrogens with two attached hydrogens (primary N) is 1. The molecule has 0 bridgehead atoms. The molecule has 1 aromatic carbocycles. The van der Waals surface area contributed by atoms with Crippen molar-refractivity contribution in [1.82, 2.24) is 4.90 Å². The van der Waals surface area contributed by atoms with Crippen molar-refractivity contribution in [2.75, 3.05) is 6.54 Å². The first-order valence-electron chi connectivity index (χ1n) is 6.24. The molecule has 0 aliphatic heterocycles. The highest BCUT2D eigenvalue weighted by atomic mass is 19.2. The molecule has 0 amide bonds. The van der Waals surface area contributed by atoms with E-state index in [1.807, 2.05) is 0 Å². The Bertz CT molecular complexity index is 475. The molecule has 0 unspecified atom stereocenters. The highest BCUT2D eigenvalue weighted by Crippen LogP contribution is 2.28. The second-order valence-corrected chi connectivity index (χ2v) is 4.79. The van der Waals surface area contributed by atoms with Crippen LogP contribution in [0.25, 0.3) is 0 Å². The SMILES string of the molecule is N/C(CCN(Cc1ccc(F)c(F)c1)C1CC1)=N/O. The van der Waals surface area contributed by atoms with Gasteiger partial charge in [0.05, 0.1) is 0 Å². The fourth-order valence-electron chi connectivity index (χ4n) is 2.01. The van der Waals surface area contributed by atoms with Gasteiger partial charge in [-0.25, -0.2) is 8.78 Å². The largest absolute Gasteiger partial charge is 0.409 e. The van der Waals surface area contributed by atoms with Crippen molar-refractivity contribution in [2.45, 2.75) is 31.8 Å². The molecule has 0 aromatic heterocycles. The molecular weight excluding hydrogens is 252 g/mol. The first-order chi connectivity index (χ1) is 9.10. The molecule has 0 radical (unpaired) electrons. The summed E-state index contributed by atoms with van der Waals surface area (Å²) in [6, 6.07) is 4.39. The molecule has 0 heterocycles. The van der Waals surface area contributed by atoms with E-state index in [9.17, 15) is 8.78 Å². The molecule has 3 N–H and O–H groups in total. The molecule has 0 atom stereocenters. The second kappa shape index (κ2) is 5.97. The quantitative estimate of drug-likeness (QED) is 0.360. The summed E-state index contributed by atoms with van der Waals surface area (Å²) in [5.74, 6) is -1.49. The Kier molecular flexibility index (Phi) is 4.31. The Morgan fingerprint density at radius 1 is 1.37 bits per heavy atom. The van der Waals surface area contributed by atoms with E-state index in [4.69, 9.17) is 10.9 Å².